The minimum absolute atomic E-state index is 0.130. The summed E-state index contributed by atoms with van der Waals surface area (Å²) in [5.41, 5.74) is 3.16. The summed E-state index contributed by atoms with van der Waals surface area (Å²) in [5, 5.41) is 5.14. The number of carbonyl (C=O) groups excluding carboxylic acids is 4. The first-order valence-corrected chi connectivity index (χ1v) is 18.6. The average Bonchev–Trinajstić information content (AvgIpc) is 3.89. The molecule has 4 N–H and O–H groups in total. The second-order valence-corrected chi connectivity index (χ2v) is 13.9. The topological polar surface area (TPSA) is 193 Å². The molecule has 6 rings (SSSR count). The fraction of sp³-hybridized carbons (Fsp3) is 0.436. The smallest absolute Gasteiger partial charge is 0.407 e. The molecule has 4 heterocycles. The Bertz CT molecular complexity index is 2010. The van der Waals surface area contributed by atoms with Crippen molar-refractivity contribution >= 4 is 24.0 Å². The fourth-order valence-electron chi connectivity index (χ4n) is 6.67. The number of aromatic amines is 2. The molecule has 2 aliphatic heterocycles. The number of H-pyrrole nitrogens is 2. The van der Waals surface area contributed by atoms with Gasteiger partial charge in [-0.3, -0.25) is 9.59 Å². The minimum Gasteiger partial charge on any atom is -0.453 e. The Morgan fingerprint density at radius 2 is 1.56 bits per heavy atom. The third kappa shape index (κ3) is 9.01. The maximum absolute atomic E-state index is 13.7. The Hall–Kier alpha value is -6.06. The zero-order chi connectivity index (χ0) is 39.1. The number of nitrogens with one attached hydrogen (secondary N) is 4. The molecule has 1 saturated heterocycles. The van der Waals surface area contributed by atoms with Gasteiger partial charge in [-0.25, -0.2) is 19.6 Å². The second kappa shape index (κ2) is 17.4. The Morgan fingerprint density at radius 1 is 0.909 bits per heavy atom. The van der Waals surface area contributed by atoms with Gasteiger partial charge in [0.05, 0.1) is 50.6 Å². The van der Waals surface area contributed by atoms with Crippen molar-refractivity contribution < 1.29 is 38.1 Å². The molecule has 0 spiro atoms. The molecule has 0 bridgehead atoms. The third-order valence-electron chi connectivity index (χ3n) is 9.71. The lowest BCUT2D eigenvalue weighted by Crippen LogP contribution is -2.53. The Balaban J connectivity index is 1.13. The van der Waals surface area contributed by atoms with E-state index in [0.717, 1.165) is 54.6 Å². The number of imidazole rings is 2. The van der Waals surface area contributed by atoms with Crippen LogP contribution in [0.4, 0.5) is 9.59 Å². The SMILES string of the molecule is CCCCN(Cc1ncc(-c2ccc3c(c2)Oc2ccc(-c4cnc(C5CCCCN5C(=O)C(NC(=O)OC)C(C)C)[nH]4)cc2O3)[nH]1)C(=O)CNC(=O)OC. The van der Waals surface area contributed by atoms with Gasteiger partial charge in [0.25, 0.3) is 0 Å². The number of hydrogen-bond donors (Lipinski definition) is 4. The molecule has 2 atom stereocenters. The first-order valence-electron chi connectivity index (χ1n) is 18.6. The van der Waals surface area contributed by atoms with Crippen LogP contribution >= 0.6 is 0 Å². The van der Waals surface area contributed by atoms with Gasteiger partial charge in [-0.2, -0.15) is 0 Å². The maximum atomic E-state index is 13.7. The van der Waals surface area contributed by atoms with Crippen molar-refractivity contribution in [3.63, 3.8) is 0 Å². The standard InChI is InChI=1S/C39H48N8O8/c1-6-7-15-46(34(48)21-42-38(50)52-4)22-33-40-19-26(43-33)24-11-13-29-31(17-24)54-30-14-12-25(18-32(30)55-29)27-20-41-36(44-27)28-10-8-9-16-47(28)37(49)35(23(2)3)45-39(51)53-5/h11-14,17-20,23,28,35H,6-10,15-16,21-22H2,1-5H3,(H,40,43)(H,41,44)(H,42,50)(H,45,51). The lowest BCUT2D eigenvalue weighted by molar-refractivity contribution is -0.138. The Morgan fingerprint density at radius 3 is 2.20 bits per heavy atom. The Kier molecular flexibility index (Phi) is 12.2. The first kappa shape index (κ1) is 38.7. The van der Waals surface area contributed by atoms with E-state index >= 15 is 0 Å². The van der Waals surface area contributed by atoms with Crippen molar-refractivity contribution in [1.82, 2.24) is 40.4 Å². The zero-order valence-corrected chi connectivity index (χ0v) is 31.8. The number of fused-ring (bicyclic) bond motifs is 2. The average molecular weight is 757 g/mol. The Labute approximate surface area is 319 Å². The molecule has 0 radical (unpaired) electrons. The quantitative estimate of drug-likeness (QED) is 0.106. The predicted molar refractivity (Wildman–Crippen MR) is 201 cm³/mol. The van der Waals surface area contributed by atoms with Gasteiger partial charge >= 0.3 is 12.2 Å². The van der Waals surface area contributed by atoms with Gasteiger partial charge in [0.2, 0.25) is 11.8 Å². The van der Waals surface area contributed by atoms with Crippen molar-refractivity contribution in [3.8, 4) is 45.5 Å². The number of unbranched alkanes of at least 4 members (excludes halogenated alkanes) is 1. The molecule has 1 fully saturated rings. The van der Waals surface area contributed by atoms with Gasteiger partial charge in [0.15, 0.2) is 23.0 Å². The molecule has 292 valence electrons. The second-order valence-electron chi connectivity index (χ2n) is 13.9. The molecular formula is C39H48N8O8. The third-order valence-corrected chi connectivity index (χ3v) is 9.71. The fourth-order valence-corrected chi connectivity index (χ4v) is 6.67. The molecule has 16 nitrogen and oxygen atoms in total. The van der Waals surface area contributed by atoms with Crippen molar-refractivity contribution in [3.05, 3.63) is 60.4 Å². The number of aromatic nitrogens is 4. The number of nitrogens with zero attached hydrogens (tertiary/aromatic N) is 4. The van der Waals surface area contributed by atoms with Crippen LogP contribution in [0.25, 0.3) is 22.5 Å². The van der Waals surface area contributed by atoms with Crippen LogP contribution in [0.3, 0.4) is 0 Å². The van der Waals surface area contributed by atoms with E-state index in [1.807, 2.05) is 62.1 Å². The number of benzene rings is 2. The van der Waals surface area contributed by atoms with E-state index < -0.39 is 18.2 Å². The molecule has 2 aromatic carbocycles. The monoisotopic (exact) mass is 756 g/mol. The molecule has 2 aliphatic rings. The number of alkyl carbamates (subject to hydrolysis) is 2. The molecule has 4 amide bonds. The summed E-state index contributed by atoms with van der Waals surface area (Å²) in [6.45, 7) is 7.00. The van der Waals surface area contributed by atoms with Gasteiger partial charge < -0.3 is 49.3 Å². The van der Waals surface area contributed by atoms with E-state index in [-0.39, 0.29) is 36.9 Å². The summed E-state index contributed by atoms with van der Waals surface area (Å²) in [6.07, 6.45) is 6.43. The summed E-state index contributed by atoms with van der Waals surface area (Å²) in [5.74, 6) is 2.92. The van der Waals surface area contributed by atoms with Crippen LogP contribution in [0.2, 0.25) is 0 Å². The molecule has 2 aromatic heterocycles. The van der Waals surface area contributed by atoms with Crippen LogP contribution in [0.5, 0.6) is 23.0 Å². The number of likely N-dealkylation sites (tertiary alicyclic amines) is 1. The molecule has 2 unspecified atom stereocenters. The molecule has 55 heavy (non-hydrogen) atoms. The van der Waals surface area contributed by atoms with E-state index in [2.05, 4.69) is 30.3 Å². The summed E-state index contributed by atoms with van der Waals surface area (Å²) in [4.78, 5) is 69.4. The van der Waals surface area contributed by atoms with E-state index in [1.54, 1.807) is 17.3 Å². The number of hydrogen-bond acceptors (Lipinski definition) is 10. The van der Waals surface area contributed by atoms with Crippen LogP contribution in [0, 0.1) is 5.92 Å². The highest BCUT2D eigenvalue weighted by Gasteiger charge is 2.36. The highest BCUT2D eigenvalue weighted by molar-refractivity contribution is 5.86. The lowest BCUT2D eigenvalue weighted by atomic mass is 9.97. The number of amides is 4. The number of ether oxygens (including phenoxy) is 4. The van der Waals surface area contributed by atoms with Crippen LogP contribution in [0.15, 0.2) is 48.8 Å². The zero-order valence-electron chi connectivity index (χ0n) is 31.8. The lowest BCUT2D eigenvalue weighted by Gasteiger charge is -2.37. The number of carbonyl (C=O) groups is 4. The van der Waals surface area contributed by atoms with Crippen molar-refractivity contribution in [2.24, 2.45) is 5.92 Å². The van der Waals surface area contributed by atoms with Gasteiger partial charge in [-0.05, 0) is 68.0 Å². The molecular weight excluding hydrogens is 708 g/mol. The van der Waals surface area contributed by atoms with Gasteiger partial charge in [0.1, 0.15) is 24.2 Å². The van der Waals surface area contributed by atoms with E-state index in [9.17, 15) is 19.2 Å². The highest BCUT2D eigenvalue weighted by atomic mass is 16.6. The number of methoxy groups -OCH3 is 2. The van der Waals surface area contributed by atoms with Gasteiger partial charge in [0, 0.05) is 24.2 Å². The largest absolute Gasteiger partial charge is 0.453 e. The summed E-state index contributed by atoms with van der Waals surface area (Å²) in [7, 11) is 2.53. The highest BCUT2D eigenvalue weighted by Crippen LogP contribution is 2.47. The van der Waals surface area contributed by atoms with Crippen molar-refractivity contribution in [2.75, 3.05) is 33.9 Å². The van der Waals surface area contributed by atoms with Gasteiger partial charge in [-0.15, -0.1) is 0 Å². The number of rotatable bonds is 13. The van der Waals surface area contributed by atoms with E-state index in [1.165, 1.54) is 14.2 Å². The molecule has 0 saturated carbocycles. The van der Waals surface area contributed by atoms with Crippen LogP contribution in [-0.2, 0) is 25.6 Å². The predicted octanol–water partition coefficient (Wildman–Crippen LogP) is 6.28. The molecule has 0 aliphatic carbocycles. The summed E-state index contributed by atoms with van der Waals surface area (Å²) >= 11 is 0. The van der Waals surface area contributed by atoms with Crippen LogP contribution in [0.1, 0.15) is 70.6 Å². The minimum atomic E-state index is -0.719. The molecule has 16 heteroatoms. The molecule has 4 aromatic rings. The number of piperidine rings is 1. The first-order chi connectivity index (χ1) is 26.6. The van der Waals surface area contributed by atoms with Crippen LogP contribution in [-0.4, -0.2) is 93.6 Å². The summed E-state index contributed by atoms with van der Waals surface area (Å²) < 4.78 is 21.9. The van der Waals surface area contributed by atoms with E-state index in [4.69, 9.17) is 19.2 Å². The van der Waals surface area contributed by atoms with Crippen molar-refractivity contribution in [2.45, 2.75) is 71.5 Å². The van der Waals surface area contributed by atoms with E-state index in [0.29, 0.717) is 47.7 Å². The van der Waals surface area contributed by atoms with Crippen molar-refractivity contribution in [1.29, 1.82) is 0 Å². The maximum Gasteiger partial charge on any atom is 0.407 e. The van der Waals surface area contributed by atoms with Gasteiger partial charge in [-0.1, -0.05) is 27.2 Å². The summed E-state index contributed by atoms with van der Waals surface area (Å²) in [6, 6.07) is 10.3. The normalized spacial score (nSPS) is 15.2. The van der Waals surface area contributed by atoms with Crippen LogP contribution < -0.4 is 20.1 Å².